The first-order chi connectivity index (χ1) is 13.6. The number of hydrogen-bond acceptors (Lipinski definition) is 6. The van der Waals surface area contributed by atoms with Gasteiger partial charge in [0.1, 0.15) is 10.6 Å². The van der Waals surface area contributed by atoms with Crippen molar-refractivity contribution in [3.8, 4) is 0 Å². The second-order valence-corrected chi connectivity index (χ2v) is 9.61. The highest BCUT2D eigenvalue weighted by molar-refractivity contribution is 8.16. The van der Waals surface area contributed by atoms with Crippen LogP contribution >= 0.6 is 23.4 Å². The topological polar surface area (TPSA) is 56.8 Å². The van der Waals surface area contributed by atoms with Gasteiger partial charge in [0.2, 0.25) is 5.91 Å². The lowest BCUT2D eigenvalue weighted by molar-refractivity contribution is -0.129. The lowest BCUT2D eigenvalue weighted by atomic mass is 10.1. The quantitative estimate of drug-likeness (QED) is 0.652. The maximum absolute atomic E-state index is 12.7. The van der Waals surface area contributed by atoms with Gasteiger partial charge in [-0.25, -0.2) is 4.98 Å². The van der Waals surface area contributed by atoms with Crippen molar-refractivity contribution < 1.29 is 9.59 Å². The Labute approximate surface area is 175 Å². The monoisotopic (exact) mass is 422 g/mol. The lowest BCUT2D eigenvalue weighted by Crippen LogP contribution is -2.47. The van der Waals surface area contributed by atoms with Crippen LogP contribution in [-0.4, -0.2) is 69.9 Å². The van der Waals surface area contributed by atoms with Gasteiger partial charge in [-0.05, 0) is 56.1 Å². The molecule has 28 heavy (non-hydrogen) atoms. The number of carbonyl (C=O) groups is 2. The first kappa shape index (κ1) is 20.0. The summed E-state index contributed by atoms with van der Waals surface area (Å²) >= 11 is 7.53. The molecule has 8 heteroatoms. The molecule has 2 aliphatic heterocycles. The number of carbonyl (C=O) groups excluding carboxylic acids is 2. The molecule has 1 spiro atoms. The summed E-state index contributed by atoms with van der Waals surface area (Å²) in [4.78, 5) is 35.5. The number of hydrogen-bond donors (Lipinski definition) is 0. The van der Waals surface area contributed by atoms with Gasteiger partial charge in [-0.15, -0.1) is 0 Å². The van der Waals surface area contributed by atoms with E-state index in [0.29, 0.717) is 11.6 Å². The second-order valence-electron chi connectivity index (χ2n) is 7.87. The van der Waals surface area contributed by atoms with Crippen molar-refractivity contribution >= 4 is 40.3 Å². The van der Waals surface area contributed by atoms with Crippen molar-refractivity contribution in [3.63, 3.8) is 0 Å². The Kier molecular flexibility index (Phi) is 6.13. The molecule has 0 aromatic carbocycles. The van der Waals surface area contributed by atoms with E-state index in [1.54, 1.807) is 6.20 Å². The predicted molar refractivity (Wildman–Crippen MR) is 113 cm³/mol. The zero-order valence-electron chi connectivity index (χ0n) is 16.1. The largest absolute Gasteiger partial charge is 0.353 e. The Balaban J connectivity index is 1.18. The summed E-state index contributed by atoms with van der Waals surface area (Å²) in [6.45, 7) is 5.35. The van der Waals surface area contributed by atoms with Crippen LogP contribution < -0.4 is 4.90 Å². The molecule has 3 aliphatic rings. The third-order valence-corrected chi connectivity index (χ3v) is 7.73. The van der Waals surface area contributed by atoms with E-state index < -0.39 is 4.75 Å². The molecule has 0 atom stereocenters. The fourth-order valence-corrected chi connectivity index (χ4v) is 6.00. The lowest BCUT2D eigenvalue weighted by Gasteiger charge is -2.35. The number of rotatable bonds is 6. The molecular weight excluding hydrogens is 396 g/mol. The molecule has 152 valence electrons. The van der Waals surface area contributed by atoms with Gasteiger partial charge < -0.3 is 4.90 Å². The standard InChI is InChI=1S/C20H27ClN4O2S/c21-16-6-5-9-22-17(16)24-14-12-23(13-15-24)10-3-4-11-25-18(26)20(28-19(25)27)7-1-2-8-20/h5-6,9H,1-4,7-8,10-15H2. The molecule has 0 bridgehead atoms. The zero-order chi connectivity index (χ0) is 19.6. The molecule has 0 N–H and O–H groups in total. The maximum Gasteiger partial charge on any atom is 0.289 e. The van der Waals surface area contributed by atoms with Gasteiger partial charge >= 0.3 is 0 Å². The molecule has 1 aliphatic carbocycles. The Bertz CT molecular complexity index is 733. The summed E-state index contributed by atoms with van der Waals surface area (Å²) in [5.74, 6) is 0.939. The van der Waals surface area contributed by atoms with Gasteiger partial charge in [-0.3, -0.25) is 19.4 Å². The van der Waals surface area contributed by atoms with E-state index in [1.807, 2.05) is 12.1 Å². The SMILES string of the molecule is O=C1SC2(CCCC2)C(=O)N1CCCCN1CCN(c2ncccc2Cl)CC1. The summed E-state index contributed by atoms with van der Waals surface area (Å²) in [5, 5.41) is 0.668. The number of aromatic nitrogens is 1. The number of pyridine rings is 1. The molecule has 2 saturated heterocycles. The number of anilines is 1. The average molecular weight is 423 g/mol. The Morgan fingerprint density at radius 1 is 1.07 bits per heavy atom. The number of amides is 2. The van der Waals surface area contributed by atoms with Crippen molar-refractivity contribution in [2.75, 3.05) is 44.2 Å². The number of thioether (sulfide) groups is 1. The van der Waals surface area contributed by atoms with Crippen LogP contribution in [0.15, 0.2) is 18.3 Å². The minimum absolute atomic E-state index is 0.0345. The molecular formula is C20H27ClN4O2S. The van der Waals surface area contributed by atoms with E-state index in [9.17, 15) is 9.59 Å². The fraction of sp³-hybridized carbons (Fsp3) is 0.650. The molecule has 0 unspecified atom stereocenters. The number of piperazine rings is 1. The van der Waals surface area contributed by atoms with E-state index in [4.69, 9.17) is 11.6 Å². The van der Waals surface area contributed by atoms with Crippen LogP contribution in [0.1, 0.15) is 38.5 Å². The van der Waals surface area contributed by atoms with E-state index in [1.165, 1.54) is 16.7 Å². The average Bonchev–Trinajstić information content (AvgIpc) is 3.26. The van der Waals surface area contributed by atoms with Crippen LogP contribution in [0.5, 0.6) is 0 Å². The molecule has 6 nitrogen and oxygen atoms in total. The van der Waals surface area contributed by atoms with Crippen LogP contribution in [0.4, 0.5) is 10.6 Å². The Hall–Kier alpha value is -1.31. The van der Waals surface area contributed by atoms with Crippen LogP contribution in [-0.2, 0) is 4.79 Å². The van der Waals surface area contributed by atoms with E-state index in [-0.39, 0.29) is 11.1 Å². The highest BCUT2D eigenvalue weighted by atomic mass is 35.5. The van der Waals surface area contributed by atoms with Crippen LogP contribution in [0, 0.1) is 0 Å². The fourth-order valence-electron chi connectivity index (χ4n) is 4.45. The third kappa shape index (κ3) is 4.02. The van der Waals surface area contributed by atoms with Gasteiger partial charge in [0.25, 0.3) is 5.24 Å². The normalized spacial score (nSPS) is 22.6. The molecule has 1 saturated carbocycles. The summed E-state index contributed by atoms with van der Waals surface area (Å²) in [6.07, 6.45) is 7.51. The van der Waals surface area contributed by atoms with Crippen molar-refractivity contribution in [1.29, 1.82) is 0 Å². The highest BCUT2D eigenvalue weighted by Crippen LogP contribution is 2.48. The number of imide groups is 1. The van der Waals surface area contributed by atoms with Gasteiger partial charge in [-0.2, -0.15) is 0 Å². The Morgan fingerprint density at radius 2 is 1.79 bits per heavy atom. The molecule has 1 aromatic heterocycles. The van der Waals surface area contributed by atoms with E-state index >= 15 is 0 Å². The molecule has 4 rings (SSSR count). The van der Waals surface area contributed by atoms with Crippen LogP contribution in [0.3, 0.4) is 0 Å². The molecule has 0 radical (unpaired) electrons. The van der Waals surface area contributed by atoms with Crippen molar-refractivity contribution in [2.45, 2.75) is 43.3 Å². The Morgan fingerprint density at radius 3 is 2.50 bits per heavy atom. The highest BCUT2D eigenvalue weighted by Gasteiger charge is 2.53. The molecule has 3 heterocycles. The van der Waals surface area contributed by atoms with Crippen molar-refractivity contribution in [2.24, 2.45) is 0 Å². The summed E-state index contributed by atoms with van der Waals surface area (Å²) in [7, 11) is 0. The van der Waals surface area contributed by atoms with Gasteiger partial charge in [0, 0.05) is 38.9 Å². The second kappa shape index (κ2) is 8.59. The minimum Gasteiger partial charge on any atom is -0.353 e. The number of nitrogens with zero attached hydrogens (tertiary/aromatic N) is 4. The molecule has 3 fully saturated rings. The number of unbranched alkanes of at least 4 members (excludes halogenated alkanes) is 1. The van der Waals surface area contributed by atoms with Gasteiger partial charge in [-0.1, -0.05) is 24.4 Å². The predicted octanol–water partition coefficient (Wildman–Crippen LogP) is 3.65. The smallest absolute Gasteiger partial charge is 0.289 e. The summed E-state index contributed by atoms with van der Waals surface area (Å²) in [6, 6.07) is 3.73. The summed E-state index contributed by atoms with van der Waals surface area (Å²) in [5.41, 5.74) is 0. The van der Waals surface area contributed by atoms with Crippen LogP contribution in [0.25, 0.3) is 0 Å². The summed E-state index contributed by atoms with van der Waals surface area (Å²) < 4.78 is -0.417. The van der Waals surface area contributed by atoms with Crippen molar-refractivity contribution in [3.05, 3.63) is 23.4 Å². The first-order valence-electron chi connectivity index (χ1n) is 10.2. The van der Waals surface area contributed by atoms with Gasteiger partial charge in [0.05, 0.1) is 5.02 Å². The minimum atomic E-state index is -0.417. The van der Waals surface area contributed by atoms with Crippen LogP contribution in [0.2, 0.25) is 5.02 Å². The van der Waals surface area contributed by atoms with Crippen molar-refractivity contribution in [1.82, 2.24) is 14.8 Å². The zero-order valence-corrected chi connectivity index (χ0v) is 17.7. The first-order valence-corrected chi connectivity index (χ1v) is 11.4. The maximum atomic E-state index is 12.7. The van der Waals surface area contributed by atoms with E-state index in [0.717, 1.165) is 77.1 Å². The van der Waals surface area contributed by atoms with Gasteiger partial charge in [0.15, 0.2) is 0 Å². The molecule has 1 aromatic rings. The molecule has 2 amide bonds. The van der Waals surface area contributed by atoms with E-state index in [2.05, 4.69) is 14.8 Å². The number of halogens is 1. The third-order valence-electron chi connectivity index (χ3n) is 6.07.